The lowest BCUT2D eigenvalue weighted by atomic mass is 10.1. The van der Waals surface area contributed by atoms with Gasteiger partial charge in [0, 0.05) is 0 Å². The smallest absolute Gasteiger partial charge is 0.297 e. The average Bonchev–Trinajstić information content (AvgIpc) is 1.85. The minimum absolute atomic E-state index is 0.0143. The van der Waals surface area contributed by atoms with Crippen LogP contribution >= 0.6 is 7.75 Å². The summed E-state index contributed by atoms with van der Waals surface area (Å²) in [5.41, 5.74) is 5.22. The Morgan fingerprint density at radius 2 is 2.27 bits per heavy atom. The zero-order chi connectivity index (χ0) is 8.48. The van der Waals surface area contributed by atoms with Gasteiger partial charge in [-0.1, -0.05) is 13.8 Å². The number of hydrogen-bond acceptors (Lipinski definition) is 3. The van der Waals surface area contributed by atoms with Crippen LogP contribution in [0.3, 0.4) is 0 Å². The van der Waals surface area contributed by atoms with E-state index in [9.17, 15) is 4.57 Å². The highest BCUT2D eigenvalue weighted by Crippen LogP contribution is 2.45. The minimum atomic E-state index is -3.20. The molecule has 1 rings (SSSR count). The highest BCUT2D eigenvalue weighted by Gasteiger charge is 2.30. The maximum Gasteiger partial charge on any atom is 0.403 e. The van der Waals surface area contributed by atoms with Gasteiger partial charge in [0.05, 0.1) is 12.7 Å². The third-order valence-corrected chi connectivity index (χ3v) is 2.81. The second kappa shape index (κ2) is 3.23. The molecule has 0 amide bonds. The van der Waals surface area contributed by atoms with Crippen molar-refractivity contribution in [3.8, 4) is 0 Å². The molecule has 1 aliphatic heterocycles. The van der Waals surface area contributed by atoms with E-state index in [1.165, 1.54) is 0 Å². The lowest BCUT2D eigenvalue weighted by molar-refractivity contribution is 0.0536. The fourth-order valence-electron chi connectivity index (χ4n) is 1.02. The Hall–Kier alpha value is 0.110. The van der Waals surface area contributed by atoms with Crippen LogP contribution in [0.2, 0.25) is 0 Å². The molecule has 0 saturated carbocycles. The first-order chi connectivity index (χ1) is 5.01. The van der Waals surface area contributed by atoms with Crippen LogP contribution in [0.1, 0.15) is 20.3 Å². The van der Waals surface area contributed by atoms with E-state index >= 15 is 0 Å². The van der Waals surface area contributed by atoms with Crippen molar-refractivity contribution in [3.63, 3.8) is 0 Å². The highest BCUT2D eigenvalue weighted by atomic mass is 31.2. The molecule has 1 fully saturated rings. The monoisotopic (exact) mass is 179 g/mol. The molecule has 0 unspecified atom stereocenters. The first-order valence-corrected chi connectivity index (χ1v) is 5.34. The van der Waals surface area contributed by atoms with Gasteiger partial charge < -0.3 is 0 Å². The number of rotatable bonds is 1. The van der Waals surface area contributed by atoms with Crippen LogP contribution in [-0.4, -0.2) is 12.7 Å². The summed E-state index contributed by atoms with van der Waals surface area (Å²) in [6, 6.07) is 0. The second-order valence-electron chi connectivity index (χ2n) is 3.05. The van der Waals surface area contributed by atoms with Gasteiger partial charge in [-0.15, -0.1) is 0 Å². The lowest BCUT2D eigenvalue weighted by Crippen LogP contribution is -2.27. The molecule has 0 aromatic heterocycles. The second-order valence-corrected chi connectivity index (χ2v) is 4.60. The molecule has 4 nitrogen and oxygen atoms in total. The van der Waals surface area contributed by atoms with Crippen LogP contribution < -0.4 is 5.50 Å². The number of hydrogen-bond donors (Lipinski definition) is 1. The molecular weight excluding hydrogens is 165 g/mol. The standard InChI is InChI=1S/C6H14NO3P/c1-5(2)6-3-4-9-11(7,8)10-6/h5-6H,3-4H2,1-2H3,(H2,7,8)/t6-,11+/m0/s1. The minimum Gasteiger partial charge on any atom is -0.297 e. The van der Waals surface area contributed by atoms with Gasteiger partial charge in [-0.05, 0) is 12.3 Å². The van der Waals surface area contributed by atoms with Crippen LogP contribution in [0.15, 0.2) is 0 Å². The predicted molar refractivity (Wildman–Crippen MR) is 42.1 cm³/mol. The molecule has 1 saturated heterocycles. The van der Waals surface area contributed by atoms with Crippen LogP contribution in [0.5, 0.6) is 0 Å². The molecular formula is C6H14NO3P. The van der Waals surface area contributed by atoms with Crippen molar-refractivity contribution in [1.82, 2.24) is 0 Å². The summed E-state index contributed by atoms with van der Waals surface area (Å²) in [7, 11) is -3.20. The van der Waals surface area contributed by atoms with Gasteiger partial charge in [0.1, 0.15) is 0 Å². The zero-order valence-electron chi connectivity index (χ0n) is 6.82. The zero-order valence-corrected chi connectivity index (χ0v) is 7.71. The summed E-state index contributed by atoms with van der Waals surface area (Å²) in [5.74, 6) is 0.343. The summed E-state index contributed by atoms with van der Waals surface area (Å²) in [4.78, 5) is 0. The molecule has 1 aliphatic rings. The predicted octanol–water partition coefficient (Wildman–Crippen LogP) is 1.51. The molecule has 0 spiro atoms. The molecule has 66 valence electrons. The van der Waals surface area contributed by atoms with E-state index in [-0.39, 0.29) is 6.10 Å². The largest absolute Gasteiger partial charge is 0.403 e. The van der Waals surface area contributed by atoms with Gasteiger partial charge in [-0.25, -0.2) is 10.1 Å². The van der Waals surface area contributed by atoms with E-state index in [2.05, 4.69) is 0 Å². The van der Waals surface area contributed by atoms with E-state index in [0.717, 1.165) is 6.42 Å². The third kappa shape index (κ3) is 2.56. The van der Waals surface area contributed by atoms with Crippen LogP contribution in [0.4, 0.5) is 0 Å². The Balaban J connectivity index is 2.53. The first-order valence-electron chi connectivity index (χ1n) is 3.73. The molecule has 0 aromatic rings. The molecule has 0 radical (unpaired) electrons. The number of nitrogens with two attached hydrogens (primary N) is 1. The van der Waals surface area contributed by atoms with Crippen LogP contribution in [0.25, 0.3) is 0 Å². The highest BCUT2D eigenvalue weighted by molar-refractivity contribution is 7.51. The summed E-state index contributed by atoms with van der Waals surface area (Å²) in [6.07, 6.45) is 0.762. The Kier molecular flexibility index (Phi) is 2.70. The van der Waals surface area contributed by atoms with Crippen molar-refractivity contribution in [2.24, 2.45) is 11.4 Å². The van der Waals surface area contributed by atoms with Crippen molar-refractivity contribution >= 4 is 7.75 Å². The molecule has 5 heteroatoms. The van der Waals surface area contributed by atoms with Crippen LogP contribution in [0, 0.1) is 5.92 Å². The molecule has 2 atom stereocenters. The first kappa shape index (κ1) is 9.20. The summed E-state index contributed by atoms with van der Waals surface area (Å²) >= 11 is 0. The van der Waals surface area contributed by atoms with E-state index in [1.807, 2.05) is 13.8 Å². The molecule has 2 N–H and O–H groups in total. The van der Waals surface area contributed by atoms with Crippen molar-refractivity contribution in [2.45, 2.75) is 26.4 Å². The Labute approximate surface area is 66.6 Å². The summed E-state index contributed by atoms with van der Waals surface area (Å²) in [6.45, 7) is 4.46. The van der Waals surface area contributed by atoms with E-state index < -0.39 is 7.75 Å². The maximum atomic E-state index is 11.1. The summed E-state index contributed by atoms with van der Waals surface area (Å²) < 4.78 is 20.9. The van der Waals surface area contributed by atoms with Crippen LogP contribution in [-0.2, 0) is 13.6 Å². The van der Waals surface area contributed by atoms with E-state index in [1.54, 1.807) is 0 Å². The lowest BCUT2D eigenvalue weighted by Gasteiger charge is -2.29. The SMILES string of the molecule is CC(C)[C@@H]1CCO[P@@](N)(=O)O1. The fraction of sp³-hybridized carbons (Fsp3) is 1.00. The van der Waals surface area contributed by atoms with Gasteiger partial charge in [0.25, 0.3) is 0 Å². The summed E-state index contributed by atoms with van der Waals surface area (Å²) in [5, 5.41) is 0. The molecule has 0 aromatic carbocycles. The van der Waals surface area contributed by atoms with Gasteiger partial charge in [0.2, 0.25) is 0 Å². The van der Waals surface area contributed by atoms with Crippen molar-refractivity contribution in [1.29, 1.82) is 0 Å². The van der Waals surface area contributed by atoms with Gasteiger partial charge >= 0.3 is 7.75 Å². The Morgan fingerprint density at radius 3 is 2.64 bits per heavy atom. The van der Waals surface area contributed by atoms with Gasteiger partial charge in [-0.3, -0.25) is 9.05 Å². The third-order valence-electron chi connectivity index (χ3n) is 1.70. The average molecular weight is 179 g/mol. The Morgan fingerprint density at radius 1 is 1.64 bits per heavy atom. The topological polar surface area (TPSA) is 61.5 Å². The van der Waals surface area contributed by atoms with E-state index in [0.29, 0.717) is 12.5 Å². The normalized spacial score (nSPS) is 39.5. The van der Waals surface area contributed by atoms with Crippen molar-refractivity contribution in [2.75, 3.05) is 6.61 Å². The molecule has 0 aliphatic carbocycles. The van der Waals surface area contributed by atoms with Crippen molar-refractivity contribution < 1.29 is 13.6 Å². The fourth-order valence-corrected chi connectivity index (χ4v) is 2.17. The molecule has 1 heterocycles. The Bertz CT molecular complexity index is 183. The van der Waals surface area contributed by atoms with Gasteiger partial charge in [0.15, 0.2) is 0 Å². The molecule has 0 bridgehead atoms. The molecule has 11 heavy (non-hydrogen) atoms. The quantitative estimate of drug-likeness (QED) is 0.620. The maximum absolute atomic E-state index is 11.1. The van der Waals surface area contributed by atoms with Crippen molar-refractivity contribution in [3.05, 3.63) is 0 Å². The van der Waals surface area contributed by atoms with Gasteiger partial charge in [-0.2, -0.15) is 0 Å². The van der Waals surface area contributed by atoms with E-state index in [4.69, 9.17) is 14.6 Å².